The molecule has 2 N–H and O–H groups in total. The molecule has 0 radical (unpaired) electrons. The highest BCUT2D eigenvalue weighted by Crippen LogP contribution is 2.26. The number of halogens is 1. The summed E-state index contributed by atoms with van der Waals surface area (Å²) in [5.74, 6) is 0. The predicted octanol–water partition coefficient (Wildman–Crippen LogP) is 2.55. The smallest absolute Gasteiger partial charge is 0.0711 e. The van der Waals surface area contributed by atoms with Crippen LogP contribution < -0.4 is 5.73 Å². The molecule has 2 aromatic rings. The van der Waals surface area contributed by atoms with Crippen LogP contribution in [0.4, 0.5) is 0 Å². The number of benzene rings is 1. The molecule has 0 unspecified atom stereocenters. The second kappa shape index (κ2) is 4.90. The lowest BCUT2D eigenvalue weighted by Crippen LogP contribution is -2.04. The summed E-state index contributed by atoms with van der Waals surface area (Å²) in [6.45, 7) is 2.71. The summed E-state index contributed by atoms with van der Waals surface area (Å²) in [4.78, 5) is 0. The van der Waals surface area contributed by atoms with Gasteiger partial charge >= 0.3 is 0 Å². The molecule has 17 heavy (non-hydrogen) atoms. The van der Waals surface area contributed by atoms with Crippen LogP contribution in [-0.4, -0.2) is 16.3 Å². The van der Waals surface area contributed by atoms with Crippen molar-refractivity contribution >= 4 is 11.6 Å². The molecule has 1 heterocycles. The maximum Gasteiger partial charge on any atom is 0.0711 e. The van der Waals surface area contributed by atoms with Crippen molar-refractivity contribution in [3.63, 3.8) is 0 Å². The highest BCUT2D eigenvalue weighted by atomic mass is 35.5. The molecule has 4 heteroatoms. The van der Waals surface area contributed by atoms with E-state index >= 15 is 0 Å². The van der Waals surface area contributed by atoms with E-state index in [0.717, 1.165) is 28.4 Å². The second-order valence-electron chi connectivity index (χ2n) is 4.09. The highest BCUT2D eigenvalue weighted by molar-refractivity contribution is 6.30. The topological polar surface area (TPSA) is 43.8 Å². The largest absolute Gasteiger partial charge is 0.330 e. The van der Waals surface area contributed by atoms with Gasteiger partial charge in [0.05, 0.1) is 11.4 Å². The summed E-state index contributed by atoms with van der Waals surface area (Å²) in [5, 5.41) is 5.25. The number of aromatic nitrogens is 2. The molecule has 0 aliphatic carbocycles. The van der Waals surface area contributed by atoms with Crippen LogP contribution in [0.15, 0.2) is 24.3 Å². The van der Waals surface area contributed by atoms with Gasteiger partial charge in [-0.15, -0.1) is 0 Å². The average Bonchev–Trinajstić information content (AvgIpc) is 2.57. The molecule has 1 aromatic carbocycles. The summed E-state index contributed by atoms with van der Waals surface area (Å²) in [7, 11) is 1.96. The van der Waals surface area contributed by atoms with E-state index in [1.807, 2.05) is 36.0 Å². The number of hydrogen-bond donors (Lipinski definition) is 1. The first-order valence-electron chi connectivity index (χ1n) is 5.62. The number of nitrogens with two attached hydrogens (primary N) is 1. The van der Waals surface area contributed by atoms with Gasteiger partial charge in [0.2, 0.25) is 0 Å². The van der Waals surface area contributed by atoms with E-state index < -0.39 is 0 Å². The molecule has 0 saturated heterocycles. The van der Waals surface area contributed by atoms with Gasteiger partial charge in [-0.25, -0.2) is 0 Å². The van der Waals surface area contributed by atoms with E-state index in [-0.39, 0.29) is 0 Å². The molecule has 90 valence electrons. The molecule has 0 aliphatic rings. The van der Waals surface area contributed by atoms with Crippen molar-refractivity contribution in [2.24, 2.45) is 12.8 Å². The Morgan fingerprint density at radius 3 is 2.53 bits per heavy atom. The van der Waals surface area contributed by atoms with Crippen LogP contribution in [0, 0.1) is 6.92 Å². The van der Waals surface area contributed by atoms with Crippen molar-refractivity contribution in [2.45, 2.75) is 13.3 Å². The third kappa shape index (κ3) is 2.35. The van der Waals surface area contributed by atoms with Crippen LogP contribution >= 0.6 is 11.6 Å². The number of hydrogen-bond acceptors (Lipinski definition) is 2. The van der Waals surface area contributed by atoms with E-state index in [0.29, 0.717) is 6.54 Å². The van der Waals surface area contributed by atoms with E-state index in [2.05, 4.69) is 12.0 Å². The molecule has 0 saturated carbocycles. The fraction of sp³-hybridized carbons (Fsp3) is 0.308. The summed E-state index contributed by atoms with van der Waals surface area (Å²) in [5.41, 5.74) is 10.1. The zero-order chi connectivity index (χ0) is 12.4. The Kier molecular flexibility index (Phi) is 3.50. The molecular formula is C13H16ClN3. The van der Waals surface area contributed by atoms with Gasteiger partial charge in [0.25, 0.3) is 0 Å². The average molecular weight is 250 g/mol. The third-order valence-electron chi connectivity index (χ3n) is 2.88. The van der Waals surface area contributed by atoms with Crippen molar-refractivity contribution in [3.05, 3.63) is 40.5 Å². The fourth-order valence-electron chi connectivity index (χ4n) is 2.07. The van der Waals surface area contributed by atoms with Gasteiger partial charge in [0.15, 0.2) is 0 Å². The van der Waals surface area contributed by atoms with Crippen LogP contribution in [0.1, 0.15) is 11.3 Å². The van der Waals surface area contributed by atoms with Gasteiger partial charge in [-0.3, -0.25) is 4.68 Å². The second-order valence-corrected chi connectivity index (χ2v) is 4.53. The van der Waals surface area contributed by atoms with Gasteiger partial charge in [-0.2, -0.15) is 5.10 Å². The Morgan fingerprint density at radius 2 is 1.94 bits per heavy atom. The third-order valence-corrected chi connectivity index (χ3v) is 3.13. The summed E-state index contributed by atoms with van der Waals surface area (Å²) < 4.78 is 1.91. The maximum absolute atomic E-state index is 5.89. The molecule has 3 nitrogen and oxygen atoms in total. The number of nitrogens with zero attached hydrogens (tertiary/aromatic N) is 2. The van der Waals surface area contributed by atoms with Gasteiger partial charge in [-0.05, 0) is 31.2 Å². The molecule has 0 aliphatic heterocycles. The Bertz CT molecular complexity index is 514. The Labute approximate surface area is 106 Å². The highest BCUT2D eigenvalue weighted by Gasteiger charge is 2.13. The van der Waals surface area contributed by atoms with Crippen molar-refractivity contribution in [1.29, 1.82) is 0 Å². The predicted molar refractivity (Wildman–Crippen MR) is 71.1 cm³/mol. The van der Waals surface area contributed by atoms with Crippen LogP contribution in [0.3, 0.4) is 0 Å². The minimum absolute atomic E-state index is 0.623. The first-order chi connectivity index (χ1) is 8.13. The lowest BCUT2D eigenvalue weighted by atomic mass is 10.1. The summed E-state index contributed by atoms with van der Waals surface area (Å²) in [6.07, 6.45) is 0.813. The monoisotopic (exact) mass is 249 g/mol. The van der Waals surface area contributed by atoms with E-state index in [9.17, 15) is 0 Å². The minimum atomic E-state index is 0.623. The fourth-order valence-corrected chi connectivity index (χ4v) is 2.20. The quantitative estimate of drug-likeness (QED) is 0.909. The lowest BCUT2D eigenvalue weighted by Gasteiger charge is -2.04. The van der Waals surface area contributed by atoms with Crippen LogP contribution in [0.2, 0.25) is 5.02 Å². The zero-order valence-electron chi connectivity index (χ0n) is 10.1. The van der Waals surface area contributed by atoms with Crippen molar-refractivity contribution in [3.8, 4) is 11.3 Å². The van der Waals surface area contributed by atoms with Gasteiger partial charge in [0, 0.05) is 24.1 Å². The van der Waals surface area contributed by atoms with Gasteiger partial charge in [-0.1, -0.05) is 23.7 Å². The number of rotatable bonds is 3. The van der Waals surface area contributed by atoms with Crippen LogP contribution in [0.5, 0.6) is 0 Å². The van der Waals surface area contributed by atoms with E-state index in [4.69, 9.17) is 17.3 Å². The molecule has 0 amide bonds. The first kappa shape index (κ1) is 12.1. The van der Waals surface area contributed by atoms with Gasteiger partial charge in [0.1, 0.15) is 0 Å². The molecule has 0 atom stereocenters. The number of aryl methyl sites for hydroxylation is 1. The lowest BCUT2D eigenvalue weighted by molar-refractivity contribution is 0.745. The first-order valence-corrected chi connectivity index (χ1v) is 5.99. The molecule has 0 spiro atoms. The molecule has 0 bridgehead atoms. The van der Waals surface area contributed by atoms with Crippen molar-refractivity contribution in [2.75, 3.05) is 6.54 Å². The molecule has 1 aromatic heterocycles. The van der Waals surface area contributed by atoms with Crippen molar-refractivity contribution in [1.82, 2.24) is 9.78 Å². The van der Waals surface area contributed by atoms with Crippen LogP contribution in [-0.2, 0) is 13.5 Å². The maximum atomic E-state index is 5.89. The van der Waals surface area contributed by atoms with Crippen LogP contribution in [0.25, 0.3) is 11.3 Å². The standard InChI is InChI=1S/C13H16ClN3/c1-9-12(7-8-15)16-17(2)13(9)10-3-5-11(14)6-4-10/h3-6H,7-8,15H2,1-2H3. The van der Waals surface area contributed by atoms with Gasteiger partial charge < -0.3 is 5.73 Å². The molecule has 2 rings (SSSR count). The zero-order valence-corrected chi connectivity index (χ0v) is 10.8. The summed E-state index contributed by atoms with van der Waals surface area (Å²) >= 11 is 5.89. The van der Waals surface area contributed by atoms with Crippen molar-refractivity contribution < 1.29 is 0 Å². The van der Waals surface area contributed by atoms with E-state index in [1.165, 1.54) is 5.56 Å². The normalized spacial score (nSPS) is 10.8. The Morgan fingerprint density at radius 1 is 1.29 bits per heavy atom. The Hall–Kier alpha value is -1.32. The molecule has 0 fully saturated rings. The minimum Gasteiger partial charge on any atom is -0.330 e. The summed E-state index contributed by atoms with van der Waals surface area (Å²) in [6, 6.07) is 7.81. The Balaban J connectivity index is 2.48. The SMILES string of the molecule is Cc1c(CCN)nn(C)c1-c1ccc(Cl)cc1. The molecular weight excluding hydrogens is 234 g/mol. The van der Waals surface area contributed by atoms with E-state index in [1.54, 1.807) is 0 Å².